The number of halogens is 1. The molecule has 1 amide bonds. The van der Waals surface area contributed by atoms with E-state index in [1.807, 2.05) is 50.2 Å². The third-order valence-corrected chi connectivity index (χ3v) is 3.97. The third kappa shape index (κ3) is 4.33. The number of benzene rings is 2. The first-order valence-corrected chi connectivity index (χ1v) is 8.81. The van der Waals surface area contributed by atoms with Gasteiger partial charge in [-0.2, -0.15) is 10.4 Å². The van der Waals surface area contributed by atoms with Crippen molar-refractivity contribution in [3.8, 4) is 23.0 Å². The van der Waals surface area contributed by atoms with Crippen molar-refractivity contribution in [2.45, 2.75) is 19.9 Å². The highest BCUT2D eigenvalue weighted by molar-refractivity contribution is 6.02. The van der Waals surface area contributed by atoms with E-state index in [0.717, 1.165) is 5.69 Å². The monoisotopic (exact) mass is 374 g/mol. The lowest BCUT2D eigenvalue weighted by molar-refractivity contribution is -0.117. The van der Waals surface area contributed by atoms with Gasteiger partial charge in [-0.25, -0.2) is 9.07 Å². The number of carbonyl (C=O) groups excluding carboxylic acids is 1. The number of nitriles is 1. The van der Waals surface area contributed by atoms with Crippen LogP contribution in [0.1, 0.15) is 19.4 Å². The predicted octanol–water partition coefficient (Wildman–Crippen LogP) is 4.11. The molecule has 1 N–H and O–H groups in total. The molecule has 0 unspecified atom stereocenters. The maximum atomic E-state index is 13.3. The van der Waals surface area contributed by atoms with E-state index in [-0.39, 0.29) is 17.4 Å². The fourth-order valence-electron chi connectivity index (χ4n) is 2.68. The van der Waals surface area contributed by atoms with E-state index in [9.17, 15) is 14.4 Å². The van der Waals surface area contributed by atoms with Crippen LogP contribution in [0.5, 0.6) is 0 Å². The highest BCUT2D eigenvalue weighted by Gasteiger charge is 2.15. The van der Waals surface area contributed by atoms with E-state index in [1.54, 1.807) is 23.0 Å². The van der Waals surface area contributed by atoms with Gasteiger partial charge in [0.1, 0.15) is 17.5 Å². The molecule has 0 aliphatic rings. The van der Waals surface area contributed by atoms with E-state index >= 15 is 0 Å². The van der Waals surface area contributed by atoms with Gasteiger partial charge >= 0.3 is 0 Å². The zero-order valence-electron chi connectivity index (χ0n) is 15.6. The van der Waals surface area contributed by atoms with Crippen molar-refractivity contribution in [1.82, 2.24) is 15.1 Å². The Kier molecular flexibility index (Phi) is 5.66. The number of nitrogens with one attached hydrogen (secondary N) is 1. The molecule has 0 fully saturated rings. The van der Waals surface area contributed by atoms with Gasteiger partial charge in [-0.1, -0.05) is 18.2 Å². The second kappa shape index (κ2) is 8.31. The lowest BCUT2D eigenvalue weighted by Crippen LogP contribution is -2.30. The van der Waals surface area contributed by atoms with E-state index in [4.69, 9.17) is 0 Å². The second-order valence-corrected chi connectivity index (χ2v) is 6.52. The van der Waals surface area contributed by atoms with Gasteiger partial charge < -0.3 is 5.32 Å². The van der Waals surface area contributed by atoms with Crippen molar-refractivity contribution in [2.75, 3.05) is 0 Å². The summed E-state index contributed by atoms with van der Waals surface area (Å²) in [5, 5.41) is 16.7. The summed E-state index contributed by atoms with van der Waals surface area (Å²) < 4.78 is 15.0. The van der Waals surface area contributed by atoms with Gasteiger partial charge in [-0.05, 0) is 56.3 Å². The molecule has 0 bridgehead atoms. The van der Waals surface area contributed by atoms with Gasteiger partial charge in [0.2, 0.25) is 0 Å². The molecule has 5 nitrogen and oxygen atoms in total. The lowest BCUT2D eigenvalue weighted by atomic mass is 10.1. The summed E-state index contributed by atoms with van der Waals surface area (Å²) >= 11 is 0. The molecule has 1 aromatic heterocycles. The number of aromatic nitrogens is 2. The van der Waals surface area contributed by atoms with Gasteiger partial charge in [0.05, 0.1) is 11.4 Å². The topological polar surface area (TPSA) is 70.7 Å². The molecule has 0 spiro atoms. The molecule has 1 heterocycles. The van der Waals surface area contributed by atoms with Crippen LogP contribution in [0.25, 0.3) is 23.0 Å². The average molecular weight is 374 g/mol. The molecule has 0 atom stereocenters. The third-order valence-electron chi connectivity index (χ3n) is 3.97. The molecule has 0 aliphatic heterocycles. The summed E-state index contributed by atoms with van der Waals surface area (Å²) in [5.41, 5.74) is 2.63. The van der Waals surface area contributed by atoms with Crippen LogP contribution in [-0.2, 0) is 4.79 Å². The summed E-state index contributed by atoms with van der Waals surface area (Å²) in [6, 6.07) is 17.3. The fraction of sp³-hybridized carbons (Fsp3) is 0.136. The first-order valence-electron chi connectivity index (χ1n) is 8.81. The van der Waals surface area contributed by atoms with E-state index < -0.39 is 5.91 Å². The van der Waals surface area contributed by atoms with Crippen LogP contribution in [0.4, 0.5) is 4.39 Å². The molecule has 6 heteroatoms. The number of amides is 1. The van der Waals surface area contributed by atoms with Crippen molar-refractivity contribution in [3.63, 3.8) is 0 Å². The SMILES string of the molecule is CC(C)NC(=O)/C(C#N)=C/c1cn(-c2ccccc2)nc1-c1ccc(F)cc1. The molecular formula is C22H19FN4O. The normalized spacial score (nSPS) is 11.3. The maximum absolute atomic E-state index is 13.3. The van der Waals surface area contributed by atoms with Crippen LogP contribution >= 0.6 is 0 Å². The number of hydrogen-bond donors (Lipinski definition) is 1. The summed E-state index contributed by atoms with van der Waals surface area (Å²) in [6.07, 6.45) is 3.25. The molecular weight excluding hydrogens is 355 g/mol. The van der Waals surface area contributed by atoms with Gasteiger partial charge in [-0.15, -0.1) is 0 Å². The summed E-state index contributed by atoms with van der Waals surface area (Å²) in [5.74, 6) is -0.799. The molecule has 0 radical (unpaired) electrons. The minimum absolute atomic E-state index is 0.0235. The Bertz CT molecular complexity index is 1040. The Hall–Kier alpha value is -3.72. The van der Waals surface area contributed by atoms with Crippen LogP contribution in [-0.4, -0.2) is 21.7 Å². The minimum Gasteiger partial charge on any atom is -0.349 e. The number of para-hydroxylation sites is 1. The van der Waals surface area contributed by atoms with Crippen LogP contribution in [0.2, 0.25) is 0 Å². The summed E-state index contributed by atoms with van der Waals surface area (Å²) in [6.45, 7) is 3.65. The Balaban J connectivity index is 2.11. The second-order valence-electron chi connectivity index (χ2n) is 6.52. The van der Waals surface area contributed by atoms with Crippen molar-refractivity contribution < 1.29 is 9.18 Å². The van der Waals surface area contributed by atoms with E-state index in [1.165, 1.54) is 18.2 Å². The van der Waals surface area contributed by atoms with Gasteiger partial charge in [-0.3, -0.25) is 4.79 Å². The first kappa shape index (κ1) is 19.1. The first-order chi connectivity index (χ1) is 13.5. The Morgan fingerprint density at radius 2 is 1.86 bits per heavy atom. The van der Waals surface area contributed by atoms with Crippen molar-refractivity contribution in [3.05, 3.63) is 77.7 Å². The molecule has 0 saturated carbocycles. The smallest absolute Gasteiger partial charge is 0.262 e. The largest absolute Gasteiger partial charge is 0.349 e. The van der Waals surface area contributed by atoms with Crippen molar-refractivity contribution in [1.29, 1.82) is 5.26 Å². The average Bonchev–Trinajstić information content (AvgIpc) is 3.10. The Labute approximate surface area is 162 Å². The molecule has 28 heavy (non-hydrogen) atoms. The highest BCUT2D eigenvalue weighted by atomic mass is 19.1. The Morgan fingerprint density at radius 3 is 2.46 bits per heavy atom. The maximum Gasteiger partial charge on any atom is 0.262 e. The number of hydrogen-bond acceptors (Lipinski definition) is 3. The number of nitrogens with zero attached hydrogens (tertiary/aromatic N) is 3. The van der Waals surface area contributed by atoms with Crippen LogP contribution in [0, 0.1) is 17.1 Å². The van der Waals surface area contributed by atoms with E-state index in [0.29, 0.717) is 16.8 Å². The lowest BCUT2D eigenvalue weighted by Gasteiger charge is -2.07. The van der Waals surface area contributed by atoms with Crippen LogP contribution in [0.15, 0.2) is 66.4 Å². The fourth-order valence-corrected chi connectivity index (χ4v) is 2.68. The molecule has 3 rings (SSSR count). The van der Waals surface area contributed by atoms with Crippen molar-refractivity contribution in [2.24, 2.45) is 0 Å². The summed E-state index contributed by atoms with van der Waals surface area (Å²) in [4.78, 5) is 12.3. The molecule has 3 aromatic rings. The summed E-state index contributed by atoms with van der Waals surface area (Å²) in [7, 11) is 0. The highest BCUT2D eigenvalue weighted by Crippen LogP contribution is 2.26. The van der Waals surface area contributed by atoms with Gasteiger partial charge in [0.15, 0.2) is 0 Å². The predicted molar refractivity (Wildman–Crippen MR) is 106 cm³/mol. The Morgan fingerprint density at radius 1 is 1.18 bits per heavy atom. The standard InChI is InChI=1S/C22H19FN4O/c1-15(2)25-22(28)17(13-24)12-18-14-27(20-6-4-3-5-7-20)26-21(18)16-8-10-19(23)11-9-16/h3-12,14-15H,1-2H3,(H,25,28)/b17-12+. The molecule has 0 saturated heterocycles. The van der Waals surface area contributed by atoms with Gasteiger partial charge in [0.25, 0.3) is 5.91 Å². The quantitative estimate of drug-likeness (QED) is 0.540. The molecule has 140 valence electrons. The van der Waals surface area contributed by atoms with Crippen LogP contribution in [0.3, 0.4) is 0 Å². The number of carbonyl (C=O) groups is 1. The number of rotatable bonds is 5. The zero-order valence-corrected chi connectivity index (χ0v) is 15.6. The minimum atomic E-state index is -0.449. The zero-order chi connectivity index (χ0) is 20.1. The van der Waals surface area contributed by atoms with E-state index in [2.05, 4.69) is 10.4 Å². The van der Waals surface area contributed by atoms with Crippen LogP contribution < -0.4 is 5.32 Å². The molecule has 0 aliphatic carbocycles. The molecule has 2 aromatic carbocycles. The van der Waals surface area contributed by atoms with Crippen molar-refractivity contribution >= 4 is 12.0 Å². The van der Waals surface area contributed by atoms with Gasteiger partial charge in [0, 0.05) is 23.4 Å².